The molecule has 1 heterocycles. The van der Waals surface area contributed by atoms with E-state index in [1.54, 1.807) is 0 Å². The smallest absolute Gasteiger partial charge is 0.0643 e. The molecule has 0 radical (unpaired) electrons. The first kappa shape index (κ1) is 12.5. The molecule has 1 saturated heterocycles. The van der Waals surface area contributed by atoms with E-state index in [-0.39, 0.29) is 0 Å². The summed E-state index contributed by atoms with van der Waals surface area (Å²) in [5, 5.41) is 4.07. The minimum absolute atomic E-state index is 0.853. The highest BCUT2D eigenvalue weighted by molar-refractivity contribution is 6.33. The number of rotatable bonds is 2. The molecule has 0 amide bonds. The monoisotopic (exact) mass is 253 g/mol. The summed E-state index contributed by atoms with van der Waals surface area (Å²) in [7, 11) is 4.11. The second kappa shape index (κ2) is 5.15. The predicted molar refractivity (Wildman–Crippen MR) is 75.4 cm³/mol. The van der Waals surface area contributed by atoms with Gasteiger partial charge in [0.2, 0.25) is 0 Å². The van der Waals surface area contributed by atoms with E-state index in [2.05, 4.69) is 35.2 Å². The minimum Gasteiger partial charge on any atom is -0.388 e. The number of nitrogens with one attached hydrogen (secondary N) is 1. The van der Waals surface area contributed by atoms with Crippen molar-refractivity contribution in [3.05, 3.63) is 22.7 Å². The van der Waals surface area contributed by atoms with Gasteiger partial charge in [0.15, 0.2) is 0 Å². The molecular weight excluding hydrogens is 234 g/mol. The van der Waals surface area contributed by atoms with E-state index in [4.69, 9.17) is 11.6 Å². The Labute approximate surface area is 108 Å². The van der Waals surface area contributed by atoms with Crippen LogP contribution in [0.2, 0.25) is 5.02 Å². The molecule has 94 valence electrons. The molecule has 0 spiro atoms. The maximum atomic E-state index is 6.35. The van der Waals surface area contributed by atoms with Crippen LogP contribution in [0.25, 0.3) is 0 Å². The van der Waals surface area contributed by atoms with Gasteiger partial charge in [0.1, 0.15) is 0 Å². The molecule has 1 aliphatic rings. The lowest BCUT2D eigenvalue weighted by atomic mass is 10.1. The first-order chi connectivity index (χ1) is 8.11. The fourth-order valence-corrected chi connectivity index (χ4v) is 2.56. The van der Waals surface area contributed by atoms with Crippen LogP contribution in [0.4, 0.5) is 11.4 Å². The summed E-state index contributed by atoms with van der Waals surface area (Å²) in [5.74, 6) is 0. The molecule has 1 fully saturated rings. The second-order valence-corrected chi connectivity index (χ2v) is 5.07. The second-order valence-electron chi connectivity index (χ2n) is 4.66. The molecule has 0 aromatic heterocycles. The third-order valence-electron chi connectivity index (χ3n) is 3.41. The standard InChI is InChI=1S/C13H20ClN3/c1-10-8-11(14)13(9-12(10)15-2)17-6-4-16(3)5-7-17/h8-9,15H,4-7H2,1-3H3. The summed E-state index contributed by atoms with van der Waals surface area (Å²) in [5.41, 5.74) is 3.49. The molecule has 1 N–H and O–H groups in total. The van der Waals surface area contributed by atoms with Gasteiger partial charge in [-0.2, -0.15) is 0 Å². The van der Waals surface area contributed by atoms with Crippen LogP contribution in [-0.2, 0) is 0 Å². The van der Waals surface area contributed by atoms with Crippen LogP contribution in [0.3, 0.4) is 0 Å². The number of anilines is 2. The topological polar surface area (TPSA) is 18.5 Å². The van der Waals surface area contributed by atoms with Gasteiger partial charge in [-0.3, -0.25) is 0 Å². The van der Waals surface area contributed by atoms with Crippen LogP contribution >= 0.6 is 11.6 Å². The van der Waals surface area contributed by atoms with Crippen LogP contribution in [0.5, 0.6) is 0 Å². The van der Waals surface area contributed by atoms with E-state index in [0.29, 0.717) is 0 Å². The van der Waals surface area contributed by atoms with Gasteiger partial charge in [-0.25, -0.2) is 0 Å². The van der Waals surface area contributed by atoms with E-state index in [9.17, 15) is 0 Å². The van der Waals surface area contributed by atoms with Gasteiger partial charge in [-0.05, 0) is 31.7 Å². The molecular formula is C13H20ClN3. The van der Waals surface area contributed by atoms with Gasteiger partial charge in [-0.15, -0.1) is 0 Å². The molecule has 2 rings (SSSR count). The lowest BCUT2D eigenvalue weighted by molar-refractivity contribution is 0.313. The number of halogens is 1. The van der Waals surface area contributed by atoms with Crippen molar-refractivity contribution in [3.8, 4) is 0 Å². The molecule has 17 heavy (non-hydrogen) atoms. The van der Waals surface area contributed by atoms with Crippen molar-refractivity contribution in [3.63, 3.8) is 0 Å². The van der Waals surface area contributed by atoms with E-state index >= 15 is 0 Å². The number of hydrogen-bond acceptors (Lipinski definition) is 3. The SMILES string of the molecule is CNc1cc(N2CCN(C)CC2)c(Cl)cc1C. The normalized spacial score (nSPS) is 17.3. The van der Waals surface area contributed by atoms with Crippen molar-refractivity contribution in [1.29, 1.82) is 0 Å². The molecule has 0 aliphatic carbocycles. The third kappa shape index (κ3) is 2.67. The van der Waals surface area contributed by atoms with Gasteiger partial charge in [0.25, 0.3) is 0 Å². The van der Waals surface area contributed by atoms with Crippen LogP contribution in [0, 0.1) is 6.92 Å². The maximum absolute atomic E-state index is 6.35. The Balaban J connectivity index is 2.25. The Morgan fingerprint density at radius 3 is 2.41 bits per heavy atom. The average Bonchev–Trinajstić information content (AvgIpc) is 2.31. The fraction of sp³-hybridized carbons (Fsp3) is 0.538. The van der Waals surface area contributed by atoms with E-state index in [0.717, 1.165) is 42.6 Å². The van der Waals surface area contributed by atoms with Gasteiger partial charge in [0, 0.05) is 38.9 Å². The van der Waals surface area contributed by atoms with Gasteiger partial charge in [-0.1, -0.05) is 11.6 Å². The number of aryl methyl sites for hydroxylation is 1. The quantitative estimate of drug-likeness (QED) is 0.874. The lowest BCUT2D eigenvalue weighted by Gasteiger charge is -2.34. The van der Waals surface area contributed by atoms with Crippen molar-refractivity contribution in [2.45, 2.75) is 6.92 Å². The Kier molecular flexibility index (Phi) is 3.79. The summed E-state index contributed by atoms with van der Waals surface area (Å²) in [6.07, 6.45) is 0. The third-order valence-corrected chi connectivity index (χ3v) is 3.71. The van der Waals surface area contributed by atoms with Crippen molar-refractivity contribution < 1.29 is 0 Å². The minimum atomic E-state index is 0.853. The largest absolute Gasteiger partial charge is 0.388 e. The number of nitrogens with zero attached hydrogens (tertiary/aromatic N) is 2. The molecule has 1 aromatic rings. The van der Waals surface area contributed by atoms with Crippen molar-refractivity contribution in [2.24, 2.45) is 0 Å². The Hall–Kier alpha value is -0.930. The van der Waals surface area contributed by atoms with Gasteiger partial charge in [0.05, 0.1) is 10.7 Å². The number of hydrogen-bond donors (Lipinski definition) is 1. The molecule has 0 saturated carbocycles. The van der Waals surface area contributed by atoms with Crippen molar-refractivity contribution in [2.75, 3.05) is 50.5 Å². The lowest BCUT2D eigenvalue weighted by Crippen LogP contribution is -2.44. The Morgan fingerprint density at radius 1 is 1.18 bits per heavy atom. The van der Waals surface area contributed by atoms with E-state index < -0.39 is 0 Å². The number of likely N-dealkylation sites (N-methyl/N-ethyl adjacent to an activating group) is 1. The highest BCUT2D eigenvalue weighted by atomic mass is 35.5. The zero-order valence-electron chi connectivity index (χ0n) is 10.8. The Bertz CT molecular complexity index is 398. The van der Waals surface area contributed by atoms with Crippen LogP contribution in [-0.4, -0.2) is 45.2 Å². The molecule has 0 unspecified atom stereocenters. The maximum Gasteiger partial charge on any atom is 0.0643 e. The summed E-state index contributed by atoms with van der Waals surface area (Å²) >= 11 is 6.35. The van der Waals surface area contributed by atoms with Crippen molar-refractivity contribution in [1.82, 2.24) is 4.90 Å². The first-order valence-electron chi connectivity index (χ1n) is 6.03. The van der Waals surface area contributed by atoms with Gasteiger partial charge < -0.3 is 15.1 Å². The van der Waals surface area contributed by atoms with E-state index in [1.807, 2.05) is 13.1 Å². The highest BCUT2D eigenvalue weighted by Gasteiger charge is 2.17. The first-order valence-corrected chi connectivity index (χ1v) is 6.41. The zero-order valence-corrected chi connectivity index (χ0v) is 11.5. The summed E-state index contributed by atoms with van der Waals surface area (Å²) in [6, 6.07) is 4.20. The fourth-order valence-electron chi connectivity index (χ4n) is 2.22. The summed E-state index contributed by atoms with van der Waals surface area (Å²) in [6.45, 7) is 6.36. The van der Waals surface area contributed by atoms with Crippen molar-refractivity contribution >= 4 is 23.0 Å². The molecule has 1 aromatic carbocycles. The molecule has 3 nitrogen and oxygen atoms in total. The average molecular weight is 254 g/mol. The van der Waals surface area contributed by atoms with Crippen LogP contribution in [0.1, 0.15) is 5.56 Å². The molecule has 4 heteroatoms. The predicted octanol–water partition coefficient (Wildman–Crippen LogP) is 2.44. The summed E-state index contributed by atoms with van der Waals surface area (Å²) in [4.78, 5) is 4.71. The van der Waals surface area contributed by atoms with Gasteiger partial charge >= 0.3 is 0 Å². The molecule has 0 atom stereocenters. The van der Waals surface area contributed by atoms with E-state index in [1.165, 1.54) is 5.56 Å². The number of piperazine rings is 1. The highest BCUT2D eigenvalue weighted by Crippen LogP contribution is 2.32. The van der Waals surface area contributed by atoms with Crippen LogP contribution < -0.4 is 10.2 Å². The van der Waals surface area contributed by atoms with Crippen LogP contribution in [0.15, 0.2) is 12.1 Å². The zero-order chi connectivity index (χ0) is 12.4. The number of benzene rings is 1. The molecule has 1 aliphatic heterocycles. The summed E-state index contributed by atoms with van der Waals surface area (Å²) < 4.78 is 0. The Morgan fingerprint density at radius 2 is 1.82 bits per heavy atom. The molecule has 0 bridgehead atoms.